The smallest absolute Gasteiger partial charge is 0.326 e. The van der Waals surface area contributed by atoms with Gasteiger partial charge in [0.2, 0.25) is 0 Å². The lowest BCUT2D eigenvalue weighted by Gasteiger charge is -2.37. The number of benzene rings is 2. The van der Waals surface area contributed by atoms with Crippen LogP contribution in [0.2, 0.25) is 0 Å². The van der Waals surface area contributed by atoms with Crippen molar-refractivity contribution in [1.29, 1.82) is 0 Å². The molecule has 3 aromatic rings. The number of urea groups is 1. The molecule has 194 valence electrons. The molecular weight excluding hydrogens is 492 g/mol. The van der Waals surface area contributed by atoms with Crippen LogP contribution in [0.5, 0.6) is 5.75 Å². The Labute approximate surface area is 227 Å². The minimum absolute atomic E-state index is 0.0322. The van der Waals surface area contributed by atoms with E-state index in [2.05, 4.69) is 34.0 Å². The summed E-state index contributed by atoms with van der Waals surface area (Å²) in [6.07, 6.45) is 3.42. The number of ether oxygens (including phenoxy) is 1. The third kappa shape index (κ3) is 4.69. The maximum absolute atomic E-state index is 13.6. The number of rotatable bonds is 7. The van der Waals surface area contributed by atoms with Crippen molar-refractivity contribution in [1.82, 2.24) is 20.1 Å². The molecule has 2 aromatic carbocycles. The van der Waals surface area contributed by atoms with E-state index in [0.717, 1.165) is 16.7 Å². The van der Waals surface area contributed by atoms with Crippen molar-refractivity contribution in [2.75, 3.05) is 19.7 Å². The van der Waals surface area contributed by atoms with Crippen LogP contribution >= 0.6 is 0 Å². The zero-order valence-electron chi connectivity index (χ0n) is 21.7. The zero-order chi connectivity index (χ0) is 27.4. The lowest BCUT2D eigenvalue weighted by atomic mass is 9.86. The Morgan fingerprint density at radius 3 is 2.38 bits per heavy atom. The fourth-order valence-electron chi connectivity index (χ4n) is 4.99. The molecule has 1 N–H and O–H groups in total. The molecule has 8 nitrogen and oxygen atoms in total. The molecule has 0 bridgehead atoms. The predicted octanol–water partition coefficient (Wildman–Crippen LogP) is 3.58. The fourth-order valence-corrected chi connectivity index (χ4v) is 4.99. The van der Waals surface area contributed by atoms with Crippen molar-refractivity contribution in [2.24, 2.45) is 0 Å². The molecule has 0 aliphatic carbocycles. The van der Waals surface area contributed by atoms with Crippen LogP contribution < -0.4 is 10.1 Å². The van der Waals surface area contributed by atoms with E-state index in [1.165, 1.54) is 4.90 Å². The highest BCUT2D eigenvalue weighted by Gasteiger charge is 2.56. The summed E-state index contributed by atoms with van der Waals surface area (Å²) >= 11 is 0. The van der Waals surface area contributed by atoms with Gasteiger partial charge in [-0.05, 0) is 66.4 Å². The van der Waals surface area contributed by atoms with Crippen LogP contribution in [-0.4, -0.2) is 52.3 Å². The van der Waals surface area contributed by atoms with Crippen molar-refractivity contribution < 1.29 is 19.1 Å². The van der Waals surface area contributed by atoms with E-state index < -0.39 is 17.5 Å². The van der Waals surface area contributed by atoms with Gasteiger partial charge in [-0.15, -0.1) is 11.8 Å². The average Bonchev–Trinajstić information content (AvgIpc) is 3.39. The van der Waals surface area contributed by atoms with Crippen LogP contribution in [0.25, 0.3) is 11.1 Å². The first-order chi connectivity index (χ1) is 19.0. The summed E-state index contributed by atoms with van der Waals surface area (Å²) in [6, 6.07) is 16.0. The van der Waals surface area contributed by atoms with Crippen LogP contribution in [0.15, 0.2) is 67.0 Å². The first-order valence-corrected chi connectivity index (χ1v) is 12.5. The molecule has 1 saturated heterocycles. The Morgan fingerprint density at radius 1 is 0.949 bits per heavy atom. The molecule has 0 spiro atoms. The number of hydrogen-bond acceptors (Lipinski definition) is 5. The van der Waals surface area contributed by atoms with Crippen LogP contribution in [0.4, 0.5) is 4.79 Å². The number of imide groups is 1. The minimum Gasteiger partial charge on any atom is -0.481 e. The quantitative estimate of drug-likeness (QED) is 0.381. The highest BCUT2D eigenvalue weighted by Crippen LogP contribution is 2.38. The number of carbonyl (C=O) groups excluding carboxylic acids is 3. The molecule has 0 saturated carbocycles. The molecular formula is C31H26N4O4. The topological polar surface area (TPSA) is 91.8 Å². The van der Waals surface area contributed by atoms with Gasteiger partial charge in [0.1, 0.15) is 12.4 Å². The first kappa shape index (κ1) is 25.6. The Morgan fingerprint density at radius 2 is 1.67 bits per heavy atom. The number of amides is 4. The van der Waals surface area contributed by atoms with Gasteiger partial charge in [-0.3, -0.25) is 24.8 Å². The molecule has 3 heterocycles. The van der Waals surface area contributed by atoms with Crippen molar-refractivity contribution in [2.45, 2.75) is 25.9 Å². The number of pyridine rings is 1. The molecule has 5 rings (SSSR count). The summed E-state index contributed by atoms with van der Waals surface area (Å²) in [5.74, 6) is 11.3. The van der Waals surface area contributed by atoms with Gasteiger partial charge in [0.25, 0.3) is 11.8 Å². The van der Waals surface area contributed by atoms with Gasteiger partial charge in [-0.2, -0.15) is 0 Å². The Bertz CT molecular complexity index is 1560. The van der Waals surface area contributed by atoms with Crippen LogP contribution in [0, 0.1) is 23.7 Å². The van der Waals surface area contributed by atoms with E-state index in [0.29, 0.717) is 16.9 Å². The number of nitrogens with one attached hydrogen (secondary N) is 1. The van der Waals surface area contributed by atoms with Gasteiger partial charge in [0, 0.05) is 24.5 Å². The number of carbonyl (C=O) groups is 3. The molecule has 39 heavy (non-hydrogen) atoms. The second kappa shape index (κ2) is 10.7. The van der Waals surface area contributed by atoms with Gasteiger partial charge in [0.05, 0.1) is 13.1 Å². The van der Waals surface area contributed by atoms with Crippen molar-refractivity contribution >= 4 is 17.8 Å². The van der Waals surface area contributed by atoms with Gasteiger partial charge >= 0.3 is 6.03 Å². The summed E-state index contributed by atoms with van der Waals surface area (Å²) in [4.78, 5) is 47.2. The number of nitrogens with zero attached hydrogens (tertiary/aromatic N) is 3. The maximum Gasteiger partial charge on any atom is 0.326 e. The highest BCUT2D eigenvalue weighted by atomic mass is 16.5. The first-order valence-electron chi connectivity index (χ1n) is 12.5. The van der Waals surface area contributed by atoms with Crippen LogP contribution in [-0.2, 0) is 16.9 Å². The van der Waals surface area contributed by atoms with E-state index in [1.807, 2.05) is 42.5 Å². The van der Waals surface area contributed by atoms with Crippen LogP contribution in [0.3, 0.4) is 0 Å². The summed E-state index contributed by atoms with van der Waals surface area (Å²) in [5, 5.41) is 2.46. The van der Waals surface area contributed by atoms with Crippen molar-refractivity contribution in [3.8, 4) is 40.6 Å². The highest BCUT2D eigenvalue weighted by molar-refractivity contribution is 6.08. The minimum atomic E-state index is -1.45. The molecule has 1 aromatic heterocycles. The number of fused-ring (bicyclic) bond motifs is 1. The standard InChI is InChI=1S/C31H26N4O4/c1-3-5-17-35-30(38)33-29(37)31(35,25-9-7-22(8-10-25)23-13-15-32-16-14-23)21-34-20-24-19-26(39-18-6-4-2)11-12-27(24)28(34)36/h7-16,19H,17-18,20-21H2,1-2H3,(H,33,37,38)/t31-/m0/s1. The van der Waals surface area contributed by atoms with E-state index >= 15 is 0 Å². The summed E-state index contributed by atoms with van der Waals surface area (Å²) in [5.41, 5.74) is 2.37. The van der Waals surface area contributed by atoms with Gasteiger partial charge < -0.3 is 9.64 Å². The van der Waals surface area contributed by atoms with E-state index in [9.17, 15) is 14.4 Å². The van der Waals surface area contributed by atoms with Crippen LogP contribution in [0.1, 0.15) is 35.3 Å². The van der Waals surface area contributed by atoms with E-state index in [1.54, 1.807) is 43.3 Å². The third-order valence-corrected chi connectivity index (χ3v) is 6.96. The molecule has 0 radical (unpaired) electrons. The Hall–Kier alpha value is -5.08. The fraction of sp³-hybridized carbons (Fsp3) is 0.226. The van der Waals surface area contributed by atoms with Gasteiger partial charge in [-0.1, -0.05) is 36.1 Å². The Balaban J connectivity index is 1.51. The van der Waals surface area contributed by atoms with E-state index in [4.69, 9.17) is 4.74 Å². The van der Waals surface area contributed by atoms with Crippen molar-refractivity contribution in [3.63, 3.8) is 0 Å². The van der Waals surface area contributed by atoms with Crippen molar-refractivity contribution in [3.05, 3.63) is 83.7 Å². The lowest BCUT2D eigenvalue weighted by molar-refractivity contribution is -0.127. The maximum atomic E-state index is 13.6. The third-order valence-electron chi connectivity index (χ3n) is 6.96. The average molecular weight is 519 g/mol. The molecule has 4 amide bonds. The summed E-state index contributed by atoms with van der Waals surface area (Å²) < 4.78 is 5.67. The molecule has 1 fully saturated rings. The monoisotopic (exact) mass is 518 g/mol. The number of aromatic nitrogens is 1. The van der Waals surface area contributed by atoms with E-state index in [-0.39, 0.29) is 32.1 Å². The molecule has 0 unspecified atom stereocenters. The predicted molar refractivity (Wildman–Crippen MR) is 145 cm³/mol. The summed E-state index contributed by atoms with van der Waals surface area (Å²) in [7, 11) is 0. The second-order valence-corrected chi connectivity index (χ2v) is 9.14. The Kier molecular flexibility index (Phi) is 7.03. The molecule has 1 atom stereocenters. The molecule has 8 heteroatoms. The SMILES string of the molecule is CC#CCOc1ccc2c(c1)CN(C[C@]1(c3ccc(-c4ccncc4)cc3)C(=O)NC(=O)N1CC#CC)C2=O. The zero-order valence-corrected chi connectivity index (χ0v) is 21.7. The van der Waals surface area contributed by atoms with Gasteiger partial charge in [-0.25, -0.2) is 4.79 Å². The second-order valence-electron chi connectivity index (χ2n) is 9.14. The van der Waals surface area contributed by atoms with Gasteiger partial charge in [0.15, 0.2) is 5.54 Å². The summed E-state index contributed by atoms with van der Waals surface area (Å²) in [6.45, 7) is 3.94. The molecule has 2 aliphatic heterocycles. The lowest BCUT2D eigenvalue weighted by Crippen LogP contribution is -2.54. The number of hydrogen-bond donors (Lipinski definition) is 1. The normalized spacial score (nSPS) is 17.6. The largest absolute Gasteiger partial charge is 0.481 e. The molecule has 2 aliphatic rings.